The maximum Gasteiger partial charge on any atom is 0.278 e. The zero-order chi connectivity index (χ0) is 18.0. The van der Waals surface area contributed by atoms with Crippen LogP contribution in [-0.2, 0) is 16.0 Å². The molecule has 0 aliphatic carbocycles. The molecule has 3 rings (SSSR count). The molecular formula is C18H13Cl2FN2O2. The first-order chi connectivity index (χ1) is 12.0. The van der Waals surface area contributed by atoms with Crippen molar-refractivity contribution in [3.05, 3.63) is 75.7 Å². The SMILES string of the molecule is O=C1C(Cl)=C(Nc2ccc(F)c(Cl)c2)C(=O)N1CCc1ccccc1. The number of carbonyl (C=O) groups is 2. The lowest BCUT2D eigenvalue weighted by molar-refractivity contribution is -0.137. The van der Waals surface area contributed by atoms with Gasteiger partial charge >= 0.3 is 0 Å². The Hall–Kier alpha value is -2.37. The minimum Gasteiger partial charge on any atom is -0.350 e. The van der Waals surface area contributed by atoms with E-state index >= 15 is 0 Å². The number of carbonyl (C=O) groups excluding carboxylic acids is 2. The van der Waals surface area contributed by atoms with Crippen molar-refractivity contribution in [3.63, 3.8) is 0 Å². The van der Waals surface area contributed by atoms with Crippen LogP contribution in [0.5, 0.6) is 0 Å². The number of hydrogen-bond acceptors (Lipinski definition) is 3. The standard InChI is InChI=1S/C18H13Cl2FN2O2/c19-13-10-12(6-7-14(13)21)22-16-15(20)17(24)23(18(16)25)9-8-11-4-2-1-3-5-11/h1-7,10,22H,8-9H2. The first-order valence-electron chi connectivity index (χ1n) is 7.49. The highest BCUT2D eigenvalue weighted by molar-refractivity contribution is 6.48. The summed E-state index contributed by atoms with van der Waals surface area (Å²) in [6, 6.07) is 13.4. The second-order valence-electron chi connectivity index (χ2n) is 5.44. The van der Waals surface area contributed by atoms with E-state index in [1.807, 2.05) is 30.3 Å². The third kappa shape index (κ3) is 3.67. The average molecular weight is 379 g/mol. The Morgan fingerprint density at radius 2 is 1.72 bits per heavy atom. The predicted octanol–water partition coefficient (Wildman–Crippen LogP) is 3.95. The third-order valence-electron chi connectivity index (χ3n) is 3.77. The molecule has 2 aromatic carbocycles. The summed E-state index contributed by atoms with van der Waals surface area (Å²) in [6.45, 7) is 0.216. The number of rotatable bonds is 5. The van der Waals surface area contributed by atoms with Crippen molar-refractivity contribution < 1.29 is 14.0 Å². The summed E-state index contributed by atoms with van der Waals surface area (Å²) in [5, 5.41) is 2.46. The van der Waals surface area contributed by atoms with Gasteiger partial charge in [0, 0.05) is 12.2 Å². The molecule has 0 atom stereocenters. The molecule has 25 heavy (non-hydrogen) atoms. The number of nitrogens with one attached hydrogen (secondary N) is 1. The highest BCUT2D eigenvalue weighted by atomic mass is 35.5. The molecule has 7 heteroatoms. The molecule has 0 spiro atoms. The molecule has 2 amide bonds. The van der Waals surface area contributed by atoms with Crippen molar-refractivity contribution >= 4 is 40.7 Å². The van der Waals surface area contributed by atoms with E-state index < -0.39 is 17.6 Å². The number of nitrogens with zero attached hydrogens (tertiary/aromatic N) is 1. The molecule has 0 unspecified atom stereocenters. The summed E-state index contributed by atoms with van der Waals surface area (Å²) in [6.07, 6.45) is 0.526. The molecule has 1 aliphatic rings. The quantitative estimate of drug-likeness (QED) is 0.801. The Labute approximate surface area is 153 Å². The van der Waals surface area contributed by atoms with Crippen LogP contribution >= 0.6 is 23.2 Å². The van der Waals surface area contributed by atoms with Gasteiger partial charge in [-0.2, -0.15) is 0 Å². The van der Waals surface area contributed by atoms with Gasteiger partial charge in [-0.3, -0.25) is 14.5 Å². The van der Waals surface area contributed by atoms with Gasteiger partial charge in [-0.1, -0.05) is 53.5 Å². The van der Waals surface area contributed by atoms with Gasteiger partial charge in [0.15, 0.2) is 0 Å². The summed E-state index contributed by atoms with van der Waals surface area (Å²) in [7, 11) is 0. The average Bonchev–Trinajstić information content (AvgIpc) is 2.81. The second-order valence-corrected chi connectivity index (χ2v) is 6.23. The first-order valence-corrected chi connectivity index (χ1v) is 8.25. The largest absolute Gasteiger partial charge is 0.350 e. The monoisotopic (exact) mass is 378 g/mol. The summed E-state index contributed by atoms with van der Waals surface area (Å²) < 4.78 is 13.2. The number of halogens is 3. The molecule has 1 N–H and O–H groups in total. The lowest BCUT2D eigenvalue weighted by atomic mass is 10.1. The predicted molar refractivity (Wildman–Crippen MR) is 94.8 cm³/mol. The van der Waals surface area contributed by atoms with Crippen LogP contribution in [0.1, 0.15) is 5.56 Å². The minimum absolute atomic E-state index is 0.0394. The van der Waals surface area contributed by atoms with Gasteiger partial charge < -0.3 is 5.32 Å². The molecule has 0 saturated carbocycles. The van der Waals surface area contributed by atoms with Gasteiger partial charge in [0.1, 0.15) is 16.5 Å². The highest BCUT2D eigenvalue weighted by Crippen LogP contribution is 2.27. The zero-order valence-corrected chi connectivity index (χ0v) is 14.4. The second kappa shape index (κ2) is 7.25. The van der Waals surface area contributed by atoms with Crippen LogP contribution in [0.3, 0.4) is 0 Å². The molecule has 1 aliphatic heterocycles. The molecule has 0 radical (unpaired) electrons. The number of anilines is 1. The summed E-state index contributed by atoms with van der Waals surface area (Å²) in [5.41, 5.74) is 1.33. The van der Waals surface area contributed by atoms with Crippen molar-refractivity contribution in [3.8, 4) is 0 Å². The van der Waals surface area contributed by atoms with E-state index in [-0.39, 0.29) is 22.3 Å². The lowest BCUT2D eigenvalue weighted by Crippen LogP contribution is -2.34. The Morgan fingerprint density at radius 1 is 1.00 bits per heavy atom. The fraction of sp³-hybridized carbons (Fsp3) is 0.111. The van der Waals surface area contributed by atoms with Crippen molar-refractivity contribution in [2.45, 2.75) is 6.42 Å². The first kappa shape index (κ1) is 17.5. The van der Waals surface area contributed by atoms with Crippen LogP contribution in [0.25, 0.3) is 0 Å². The zero-order valence-electron chi connectivity index (χ0n) is 12.9. The summed E-state index contributed by atoms with van der Waals surface area (Å²) >= 11 is 11.7. The van der Waals surface area contributed by atoms with Gasteiger partial charge in [0.2, 0.25) is 0 Å². The van der Waals surface area contributed by atoms with Crippen LogP contribution in [-0.4, -0.2) is 23.3 Å². The molecule has 0 saturated heterocycles. The van der Waals surface area contributed by atoms with Gasteiger partial charge in [0.05, 0.1) is 5.02 Å². The molecule has 1 heterocycles. The van der Waals surface area contributed by atoms with Crippen LogP contribution in [0.2, 0.25) is 5.02 Å². The molecule has 128 valence electrons. The van der Waals surface area contributed by atoms with Gasteiger partial charge in [0.25, 0.3) is 11.8 Å². The molecule has 2 aromatic rings. The van der Waals surface area contributed by atoms with Crippen LogP contribution in [0, 0.1) is 5.82 Å². The fourth-order valence-corrected chi connectivity index (χ4v) is 2.87. The van der Waals surface area contributed by atoms with E-state index in [0.717, 1.165) is 16.5 Å². The Morgan fingerprint density at radius 3 is 2.40 bits per heavy atom. The normalized spacial score (nSPS) is 14.4. The van der Waals surface area contributed by atoms with Gasteiger partial charge in [-0.25, -0.2) is 4.39 Å². The van der Waals surface area contributed by atoms with E-state index in [9.17, 15) is 14.0 Å². The van der Waals surface area contributed by atoms with Crippen molar-refractivity contribution in [2.75, 3.05) is 11.9 Å². The molecule has 0 fully saturated rings. The Balaban J connectivity index is 1.73. The fourth-order valence-electron chi connectivity index (χ4n) is 2.46. The number of imide groups is 1. The Kier molecular flexibility index (Phi) is 5.06. The van der Waals surface area contributed by atoms with E-state index in [0.29, 0.717) is 12.1 Å². The molecule has 0 bridgehead atoms. The number of hydrogen-bond donors (Lipinski definition) is 1. The van der Waals surface area contributed by atoms with Crippen molar-refractivity contribution in [2.24, 2.45) is 0 Å². The summed E-state index contributed by atoms with van der Waals surface area (Å²) in [5.74, 6) is -1.66. The van der Waals surface area contributed by atoms with Crippen LogP contribution in [0.4, 0.5) is 10.1 Å². The third-order valence-corrected chi connectivity index (χ3v) is 4.41. The van der Waals surface area contributed by atoms with E-state index in [4.69, 9.17) is 23.2 Å². The van der Waals surface area contributed by atoms with E-state index in [1.165, 1.54) is 12.1 Å². The number of benzene rings is 2. The molecule has 4 nitrogen and oxygen atoms in total. The summed E-state index contributed by atoms with van der Waals surface area (Å²) in [4.78, 5) is 25.8. The van der Waals surface area contributed by atoms with Gasteiger partial charge in [-0.15, -0.1) is 0 Å². The molecular weight excluding hydrogens is 366 g/mol. The minimum atomic E-state index is -0.578. The van der Waals surface area contributed by atoms with Crippen LogP contribution < -0.4 is 5.32 Å². The lowest BCUT2D eigenvalue weighted by Gasteiger charge is -2.15. The Bertz CT molecular complexity index is 869. The van der Waals surface area contributed by atoms with E-state index in [2.05, 4.69) is 5.32 Å². The van der Waals surface area contributed by atoms with Crippen molar-refractivity contribution in [1.82, 2.24) is 4.90 Å². The maximum absolute atomic E-state index is 13.2. The smallest absolute Gasteiger partial charge is 0.278 e. The van der Waals surface area contributed by atoms with Crippen molar-refractivity contribution in [1.29, 1.82) is 0 Å². The number of amides is 2. The van der Waals surface area contributed by atoms with Gasteiger partial charge in [-0.05, 0) is 30.2 Å². The topological polar surface area (TPSA) is 49.4 Å². The van der Waals surface area contributed by atoms with E-state index in [1.54, 1.807) is 0 Å². The molecule has 0 aromatic heterocycles. The highest BCUT2D eigenvalue weighted by Gasteiger charge is 2.37. The van der Waals surface area contributed by atoms with Crippen LogP contribution in [0.15, 0.2) is 59.3 Å². The maximum atomic E-state index is 13.2.